The topological polar surface area (TPSA) is 23.6 Å². The van der Waals surface area contributed by atoms with E-state index in [1.165, 1.54) is 17.2 Å². The van der Waals surface area contributed by atoms with Crippen LogP contribution in [0.15, 0.2) is 42.5 Å². The molecule has 132 valence electrons. The molecule has 1 fully saturated rings. The van der Waals surface area contributed by atoms with Crippen LogP contribution in [0.25, 0.3) is 0 Å². The lowest BCUT2D eigenvalue weighted by atomic mass is 10.1. The summed E-state index contributed by atoms with van der Waals surface area (Å²) >= 11 is 0. The van der Waals surface area contributed by atoms with Gasteiger partial charge >= 0.3 is 0 Å². The largest absolute Gasteiger partial charge is 0.337 e. The molecule has 0 N–H and O–H groups in total. The van der Waals surface area contributed by atoms with Gasteiger partial charge in [-0.15, -0.1) is 0 Å². The molecule has 25 heavy (non-hydrogen) atoms. The predicted molar refractivity (Wildman–Crippen MR) is 93.3 cm³/mol. The van der Waals surface area contributed by atoms with E-state index in [-0.39, 0.29) is 11.5 Å². The first-order valence-electron chi connectivity index (χ1n) is 8.55. The van der Waals surface area contributed by atoms with Crippen LogP contribution in [0.3, 0.4) is 0 Å². The average molecular weight is 344 g/mol. The molecule has 0 unspecified atom stereocenters. The number of hydrogen-bond donors (Lipinski definition) is 0. The number of benzene rings is 2. The van der Waals surface area contributed by atoms with Crippen LogP contribution < -0.4 is 0 Å². The lowest BCUT2D eigenvalue weighted by molar-refractivity contribution is 0.0756. The third-order valence-corrected chi connectivity index (χ3v) is 4.56. The molecule has 1 saturated heterocycles. The summed E-state index contributed by atoms with van der Waals surface area (Å²) < 4.78 is 26.9. The van der Waals surface area contributed by atoms with E-state index in [1.54, 1.807) is 4.90 Å². The summed E-state index contributed by atoms with van der Waals surface area (Å²) in [7, 11) is 0. The number of halogens is 2. The minimum atomic E-state index is -0.800. The van der Waals surface area contributed by atoms with E-state index in [4.69, 9.17) is 0 Å². The fourth-order valence-electron chi connectivity index (χ4n) is 3.12. The van der Waals surface area contributed by atoms with Gasteiger partial charge in [0.2, 0.25) is 0 Å². The van der Waals surface area contributed by atoms with Gasteiger partial charge in [-0.1, -0.05) is 29.8 Å². The summed E-state index contributed by atoms with van der Waals surface area (Å²) in [5.74, 6) is -1.84. The molecule has 0 atom stereocenters. The van der Waals surface area contributed by atoms with E-state index in [2.05, 4.69) is 36.1 Å². The summed E-state index contributed by atoms with van der Waals surface area (Å²) in [6.07, 6.45) is 0.834. The Morgan fingerprint density at radius 3 is 2.48 bits per heavy atom. The molecule has 1 heterocycles. The van der Waals surface area contributed by atoms with E-state index in [0.717, 1.165) is 38.2 Å². The van der Waals surface area contributed by atoms with E-state index < -0.39 is 11.6 Å². The molecule has 1 amide bonds. The second-order valence-electron chi connectivity index (χ2n) is 6.53. The smallest absolute Gasteiger partial charge is 0.256 e. The van der Waals surface area contributed by atoms with Crippen LogP contribution in [0.5, 0.6) is 0 Å². The van der Waals surface area contributed by atoms with Crippen molar-refractivity contribution in [3.05, 3.63) is 70.8 Å². The summed E-state index contributed by atoms with van der Waals surface area (Å²) in [4.78, 5) is 16.5. The molecule has 0 spiro atoms. The van der Waals surface area contributed by atoms with Crippen LogP contribution in [-0.4, -0.2) is 41.9 Å². The molecule has 2 aromatic rings. The van der Waals surface area contributed by atoms with E-state index in [1.807, 2.05) is 0 Å². The molecule has 3 nitrogen and oxygen atoms in total. The van der Waals surface area contributed by atoms with Crippen LogP contribution in [0.2, 0.25) is 0 Å². The first kappa shape index (κ1) is 17.5. The van der Waals surface area contributed by atoms with Gasteiger partial charge in [0.1, 0.15) is 11.6 Å². The maximum Gasteiger partial charge on any atom is 0.256 e. The Kier molecular flexibility index (Phi) is 5.43. The molecular weight excluding hydrogens is 322 g/mol. The molecule has 0 aromatic heterocycles. The van der Waals surface area contributed by atoms with Gasteiger partial charge in [0.15, 0.2) is 0 Å². The van der Waals surface area contributed by atoms with Crippen molar-refractivity contribution >= 4 is 5.91 Å². The number of carbonyl (C=O) groups is 1. The molecule has 3 rings (SSSR count). The summed E-state index contributed by atoms with van der Waals surface area (Å²) in [5.41, 5.74) is 2.42. The molecule has 1 aliphatic rings. The third-order valence-electron chi connectivity index (χ3n) is 4.56. The molecule has 0 radical (unpaired) electrons. The molecule has 0 aliphatic carbocycles. The molecular formula is C20H22F2N2O. The van der Waals surface area contributed by atoms with E-state index in [0.29, 0.717) is 13.1 Å². The number of carbonyl (C=O) groups excluding carboxylic acids is 1. The Bertz CT molecular complexity index is 746. The third kappa shape index (κ3) is 4.42. The predicted octanol–water partition coefficient (Wildman–Crippen LogP) is 3.62. The first-order chi connectivity index (χ1) is 12.0. The number of amides is 1. The van der Waals surface area contributed by atoms with Gasteiger partial charge in [-0.05, 0) is 31.0 Å². The Labute approximate surface area is 146 Å². The first-order valence-corrected chi connectivity index (χ1v) is 8.55. The Balaban J connectivity index is 1.62. The van der Waals surface area contributed by atoms with Crippen molar-refractivity contribution in [3.8, 4) is 0 Å². The van der Waals surface area contributed by atoms with Gasteiger partial charge in [0, 0.05) is 38.8 Å². The highest BCUT2D eigenvalue weighted by molar-refractivity contribution is 5.94. The number of aryl methyl sites for hydroxylation is 1. The zero-order valence-electron chi connectivity index (χ0n) is 14.3. The highest BCUT2D eigenvalue weighted by atomic mass is 19.1. The van der Waals surface area contributed by atoms with E-state index in [9.17, 15) is 13.6 Å². The van der Waals surface area contributed by atoms with Crippen LogP contribution in [0.1, 0.15) is 27.9 Å². The molecule has 1 aliphatic heterocycles. The highest BCUT2D eigenvalue weighted by Crippen LogP contribution is 2.15. The normalized spacial score (nSPS) is 15.9. The quantitative estimate of drug-likeness (QED) is 0.849. The maximum atomic E-state index is 13.9. The Morgan fingerprint density at radius 2 is 1.76 bits per heavy atom. The SMILES string of the molecule is Cc1ccc(CN2CCCN(C(=O)c3ccc(F)cc3F)CC2)cc1. The summed E-state index contributed by atoms with van der Waals surface area (Å²) in [6, 6.07) is 11.5. The Hall–Kier alpha value is -2.27. The number of rotatable bonds is 3. The molecule has 0 saturated carbocycles. The van der Waals surface area contributed by atoms with Crippen LogP contribution in [-0.2, 0) is 6.54 Å². The minimum Gasteiger partial charge on any atom is -0.337 e. The minimum absolute atomic E-state index is 0.0617. The monoisotopic (exact) mass is 344 g/mol. The van der Waals surface area contributed by atoms with Gasteiger partial charge in [0.05, 0.1) is 5.56 Å². The van der Waals surface area contributed by atoms with Gasteiger partial charge in [-0.25, -0.2) is 8.78 Å². The van der Waals surface area contributed by atoms with Crippen molar-refractivity contribution in [2.45, 2.75) is 19.9 Å². The van der Waals surface area contributed by atoms with Crippen LogP contribution in [0.4, 0.5) is 8.78 Å². The van der Waals surface area contributed by atoms with Crippen molar-refractivity contribution < 1.29 is 13.6 Å². The standard InChI is InChI=1S/C20H22F2N2O/c1-15-3-5-16(6-4-15)14-23-9-2-10-24(12-11-23)20(25)18-8-7-17(21)13-19(18)22/h3-8,13H,2,9-12,14H2,1H3. The Morgan fingerprint density at radius 1 is 1.00 bits per heavy atom. The van der Waals surface area contributed by atoms with Crippen molar-refractivity contribution in [1.82, 2.24) is 9.80 Å². The highest BCUT2D eigenvalue weighted by Gasteiger charge is 2.22. The zero-order valence-corrected chi connectivity index (χ0v) is 14.3. The maximum absolute atomic E-state index is 13.9. The lowest BCUT2D eigenvalue weighted by Gasteiger charge is -2.22. The zero-order chi connectivity index (χ0) is 17.8. The van der Waals surface area contributed by atoms with Crippen molar-refractivity contribution in [1.29, 1.82) is 0 Å². The second kappa shape index (κ2) is 7.74. The summed E-state index contributed by atoms with van der Waals surface area (Å²) in [6.45, 7) is 5.66. The van der Waals surface area contributed by atoms with Gasteiger partial charge in [-0.3, -0.25) is 9.69 Å². The lowest BCUT2D eigenvalue weighted by Crippen LogP contribution is -2.35. The van der Waals surface area contributed by atoms with Crippen molar-refractivity contribution in [3.63, 3.8) is 0 Å². The fraction of sp³-hybridized carbons (Fsp3) is 0.350. The average Bonchev–Trinajstić information content (AvgIpc) is 2.82. The molecule has 5 heteroatoms. The van der Waals surface area contributed by atoms with Crippen LogP contribution in [0, 0.1) is 18.6 Å². The number of nitrogens with zero attached hydrogens (tertiary/aromatic N) is 2. The second-order valence-corrected chi connectivity index (χ2v) is 6.53. The van der Waals surface area contributed by atoms with E-state index >= 15 is 0 Å². The molecule has 2 aromatic carbocycles. The molecule has 0 bridgehead atoms. The van der Waals surface area contributed by atoms with Crippen molar-refractivity contribution in [2.75, 3.05) is 26.2 Å². The number of hydrogen-bond acceptors (Lipinski definition) is 2. The van der Waals surface area contributed by atoms with Gasteiger partial charge in [-0.2, -0.15) is 0 Å². The van der Waals surface area contributed by atoms with Gasteiger partial charge in [0.25, 0.3) is 5.91 Å². The van der Waals surface area contributed by atoms with Gasteiger partial charge < -0.3 is 4.90 Å². The fourth-order valence-corrected chi connectivity index (χ4v) is 3.12. The van der Waals surface area contributed by atoms with Crippen LogP contribution >= 0.6 is 0 Å². The summed E-state index contributed by atoms with van der Waals surface area (Å²) in [5, 5.41) is 0. The van der Waals surface area contributed by atoms with Crippen molar-refractivity contribution in [2.24, 2.45) is 0 Å².